The Labute approximate surface area is 100 Å². The van der Waals surface area contributed by atoms with E-state index in [0.717, 1.165) is 16.8 Å². The summed E-state index contributed by atoms with van der Waals surface area (Å²) >= 11 is 0. The van der Waals surface area contributed by atoms with E-state index in [9.17, 15) is 0 Å². The van der Waals surface area contributed by atoms with Gasteiger partial charge in [-0.15, -0.1) is 0 Å². The second kappa shape index (κ2) is 4.53. The summed E-state index contributed by atoms with van der Waals surface area (Å²) in [4.78, 5) is 8.59. The maximum Gasteiger partial charge on any atom is 0.322 e. The summed E-state index contributed by atoms with van der Waals surface area (Å²) in [5.41, 5.74) is 2.92. The summed E-state index contributed by atoms with van der Waals surface area (Å²) in [5.74, 6) is 0.519. The third-order valence-electron chi connectivity index (χ3n) is 2.26. The van der Waals surface area contributed by atoms with Gasteiger partial charge in [-0.3, -0.25) is 4.98 Å². The Hall–Kier alpha value is -1.91. The van der Waals surface area contributed by atoms with Crippen LogP contribution in [0.3, 0.4) is 0 Å². The van der Waals surface area contributed by atoms with Gasteiger partial charge in [-0.25, -0.2) is 0 Å². The van der Waals surface area contributed by atoms with Gasteiger partial charge < -0.3 is 9.84 Å². The first kappa shape index (κ1) is 11.6. The number of nitrogens with zero attached hydrogens (tertiary/aromatic N) is 3. The molecule has 0 amide bonds. The predicted octanol–water partition coefficient (Wildman–Crippen LogP) is 2.57. The quantitative estimate of drug-likeness (QED) is 0.881. The highest BCUT2D eigenvalue weighted by atomic mass is 16.5. The van der Waals surface area contributed by atoms with Crippen LogP contribution in [0.5, 0.6) is 0 Å². The number of hydrogen-bond donors (Lipinski definition) is 1. The number of hydrogen-bond acceptors (Lipinski definition) is 5. The van der Waals surface area contributed by atoms with E-state index in [1.54, 1.807) is 6.20 Å². The molecule has 0 aliphatic rings. The minimum absolute atomic E-state index is 0.260. The van der Waals surface area contributed by atoms with Crippen LogP contribution in [0.15, 0.2) is 16.8 Å². The molecular weight excluding hydrogens is 216 g/mol. The van der Waals surface area contributed by atoms with Crippen LogP contribution >= 0.6 is 0 Å². The molecule has 17 heavy (non-hydrogen) atoms. The van der Waals surface area contributed by atoms with Gasteiger partial charge in [-0.05, 0) is 38.8 Å². The second-order valence-corrected chi connectivity index (χ2v) is 4.40. The van der Waals surface area contributed by atoms with Crippen molar-refractivity contribution in [2.75, 3.05) is 5.32 Å². The molecule has 0 atom stereocenters. The fraction of sp³-hybridized carbons (Fsp3) is 0.417. The van der Waals surface area contributed by atoms with Crippen molar-refractivity contribution in [2.24, 2.45) is 0 Å². The lowest BCUT2D eigenvalue weighted by Crippen LogP contribution is -2.09. The second-order valence-electron chi connectivity index (χ2n) is 4.40. The number of aromatic nitrogens is 3. The number of anilines is 1. The third kappa shape index (κ3) is 2.61. The summed E-state index contributed by atoms with van der Waals surface area (Å²) in [6.45, 7) is 8.02. The molecule has 0 aliphatic heterocycles. The Kier molecular flexibility index (Phi) is 3.08. The van der Waals surface area contributed by atoms with Crippen molar-refractivity contribution in [2.45, 2.75) is 33.7 Å². The molecule has 2 aromatic heterocycles. The van der Waals surface area contributed by atoms with Gasteiger partial charge in [0.2, 0.25) is 5.82 Å². The minimum Gasteiger partial charge on any atom is -0.336 e. The van der Waals surface area contributed by atoms with Gasteiger partial charge >= 0.3 is 6.01 Å². The molecular formula is C12H16N4O. The SMILES string of the molecule is Cc1cnc(-c2noc(NC(C)C)n2)c(C)c1. The summed E-state index contributed by atoms with van der Waals surface area (Å²) in [7, 11) is 0. The zero-order chi connectivity index (χ0) is 12.4. The highest BCUT2D eigenvalue weighted by molar-refractivity contribution is 5.55. The Balaban J connectivity index is 2.30. The van der Waals surface area contributed by atoms with Crippen LogP contribution in [0.1, 0.15) is 25.0 Å². The van der Waals surface area contributed by atoms with Gasteiger partial charge in [0.15, 0.2) is 0 Å². The molecule has 0 aliphatic carbocycles. The van der Waals surface area contributed by atoms with Crippen LogP contribution in [-0.2, 0) is 0 Å². The van der Waals surface area contributed by atoms with Crippen molar-refractivity contribution >= 4 is 6.01 Å². The van der Waals surface area contributed by atoms with Crippen molar-refractivity contribution in [3.8, 4) is 11.5 Å². The van der Waals surface area contributed by atoms with Crippen LogP contribution in [-0.4, -0.2) is 21.2 Å². The molecule has 0 saturated heterocycles. The largest absolute Gasteiger partial charge is 0.336 e. The number of pyridine rings is 1. The van der Waals surface area contributed by atoms with E-state index in [4.69, 9.17) is 4.52 Å². The van der Waals surface area contributed by atoms with Gasteiger partial charge in [0.05, 0.1) is 0 Å². The minimum atomic E-state index is 0.260. The molecule has 5 heteroatoms. The molecule has 0 saturated carbocycles. The first-order valence-electron chi connectivity index (χ1n) is 5.60. The van der Waals surface area contributed by atoms with Gasteiger partial charge in [0.1, 0.15) is 5.69 Å². The van der Waals surface area contributed by atoms with Gasteiger partial charge in [-0.1, -0.05) is 11.2 Å². The monoisotopic (exact) mass is 232 g/mol. The maximum atomic E-state index is 5.10. The van der Waals surface area contributed by atoms with Crippen LogP contribution in [0, 0.1) is 13.8 Å². The molecule has 0 spiro atoms. The molecule has 1 N–H and O–H groups in total. The van der Waals surface area contributed by atoms with Gasteiger partial charge in [0, 0.05) is 12.2 Å². The molecule has 2 aromatic rings. The standard InChI is InChI=1S/C12H16N4O/c1-7(2)14-12-15-11(16-17-12)10-9(4)5-8(3)6-13-10/h5-7H,1-4H3,(H,14,15,16). The Morgan fingerprint density at radius 3 is 2.71 bits per heavy atom. The van der Waals surface area contributed by atoms with E-state index in [0.29, 0.717) is 11.8 Å². The van der Waals surface area contributed by atoms with E-state index in [1.165, 1.54) is 0 Å². The van der Waals surface area contributed by atoms with Crippen molar-refractivity contribution in [1.82, 2.24) is 15.1 Å². The van der Waals surface area contributed by atoms with E-state index in [2.05, 4.69) is 20.4 Å². The topological polar surface area (TPSA) is 63.8 Å². The Bertz CT molecular complexity index is 519. The molecule has 0 bridgehead atoms. The van der Waals surface area contributed by atoms with Crippen LogP contribution in [0.2, 0.25) is 0 Å². The Morgan fingerprint density at radius 1 is 1.29 bits per heavy atom. The summed E-state index contributed by atoms with van der Waals surface area (Å²) < 4.78 is 5.10. The van der Waals surface area contributed by atoms with Crippen LogP contribution in [0.4, 0.5) is 6.01 Å². The average Bonchev–Trinajstić information content (AvgIpc) is 2.65. The zero-order valence-electron chi connectivity index (χ0n) is 10.5. The molecule has 5 nitrogen and oxygen atoms in total. The summed E-state index contributed by atoms with van der Waals surface area (Å²) in [6, 6.07) is 2.74. The predicted molar refractivity (Wildman–Crippen MR) is 65.8 cm³/mol. The van der Waals surface area contributed by atoms with Crippen molar-refractivity contribution in [1.29, 1.82) is 0 Å². The molecule has 0 fully saturated rings. The van der Waals surface area contributed by atoms with Gasteiger partial charge in [-0.2, -0.15) is 4.98 Å². The summed E-state index contributed by atoms with van der Waals surface area (Å²) in [6.07, 6.45) is 1.80. The van der Waals surface area contributed by atoms with E-state index in [-0.39, 0.29) is 6.04 Å². The zero-order valence-corrected chi connectivity index (χ0v) is 10.5. The van der Waals surface area contributed by atoms with E-state index >= 15 is 0 Å². The maximum absolute atomic E-state index is 5.10. The fourth-order valence-corrected chi connectivity index (χ4v) is 1.57. The molecule has 0 radical (unpaired) electrons. The van der Waals surface area contributed by atoms with E-state index < -0.39 is 0 Å². The van der Waals surface area contributed by atoms with Crippen LogP contribution < -0.4 is 5.32 Å². The van der Waals surface area contributed by atoms with Crippen molar-refractivity contribution in [3.05, 3.63) is 23.4 Å². The molecule has 0 aromatic carbocycles. The first-order chi connectivity index (χ1) is 8.06. The lowest BCUT2D eigenvalue weighted by molar-refractivity contribution is 0.429. The molecule has 2 rings (SSSR count). The lowest BCUT2D eigenvalue weighted by Gasteiger charge is -2.02. The smallest absolute Gasteiger partial charge is 0.322 e. The van der Waals surface area contributed by atoms with Crippen LogP contribution in [0.25, 0.3) is 11.5 Å². The molecule has 90 valence electrons. The summed E-state index contributed by atoms with van der Waals surface area (Å²) in [5, 5.41) is 6.98. The number of aryl methyl sites for hydroxylation is 2. The average molecular weight is 232 g/mol. The number of nitrogens with one attached hydrogen (secondary N) is 1. The lowest BCUT2D eigenvalue weighted by atomic mass is 10.1. The van der Waals surface area contributed by atoms with Crippen molar-refractivity contribution in [3.63, 3.8) is 0 Å². The third-order valence-corrected chi connectivity index (χ3v) is 2.26. The number of rotatable bonds is 3. The Morgan fingerprint density at radius 2 is 2.06 bits per heavy atom. The fourth-order valence-electron chi connectivity index (χ4n) is 1.57. The highest BCUT2D eigenvalue weighted by Gasteiger charge is 2.12. The molecule has 2 heterocycles. The molecule has 0 unspecified atom stereocenters. The normalized spacial score (nSPS) is 10.9. The van der Waals surface area contributed by atoms with Gasteiger partial charge in [0.25, 0.3) is 0 Å². The van der Waals surface area contributed by atoms with Crippen molar-refractivity contribution < 1.29 is 4.52 Å². The first-order valence-corrected chi connectivity index (χ1v) is 5.60. The van der Waals surface area contributed by atoms with E-state index in [1.807, 2.05) is 33.8 Å². The highest BCUT2D eigenvalue weighted by Crippen LogP contribution is 2.20.